The van der Waals surface area contributed by atoms with Crippen molar-refractivity contribution in [3.05, 3.63) is 59.7 Å². The third-order valence-corrected chi connectivity index (χ3v) is 5.43. The molecule has 2 aromatic carbocycles. The molecular formula is C16H6F4N2S2. The predicted octanol–water partition coefficient (Wildman–Crippen LogP) is 5.64. The minimum absolute atomic E-state index is 0.457. The Morgan fingerprint density at radius 2 is 1.00 bits per heavy atom. The summed E-state index contributed by atoms with van der Waals surface area (Å²) in [6.07, 6.45) is 0. The van der Waals surface area contributed by atoms with Crippen molar-refractivity contribution in [3.63, 3.8) is 0 Å². The second kappa shape index (κ2) is 5.64. The first-order valence-electron chi connectivity index (χ1n) is 6.69. The SMILES string of the molecule is Fc1ccc(-c2nc3sc(-c4ccc(F)c(F)c4)nc3s2)cc1F. The lowest BCUT2D eigenvalue weighted by molar-refractivity contribution is 0.509. The van der Waals surface area contributed by atoms with Crippen molar-refractivity contribution in [2.75, 3.05) is 0 Å². The van der Waals surface area contributed by atoms with E-state index in [9.17, 15) is 17.6 Å². The van der Waals surface area contributed by atoms with Crippen molar-refractivity contribution in [2.45, 2.75) is 0 Å². The number of hydrogen-bond acceptors (Lipinski definition) is 4. The molecule has 0 radical (unpaired) electrons. The van der Waals surface area contributed by atoms with E-state index < -0.39 is 23.3 Å². The van der Waals surface area contributed by atoms with Crippen molar-refractivity contribution in [1.82, 2.24) is 9.97 Å². The monoisotopic (exact) mass is 366 g/mol. The maximum Gasteiger partial charge on any atom is 0.159 e. The van der Waals surface area contributed by atoms with Gasteiger partial charge in [0, 0.05) is 11.1 Å². The number of rotatable bonds is 2. The van der Waals surface area contributed by atoms with E-state index in [1.807, 2.05) is 0 Å². The van der Waals surface area contributed by atoms with Gasteiger partial charge in [0.25, 0.3) is 0 Å². The van der Waals surface area contributed by atoms with Crippen LogP contribution in [0.15, 0.2) is 36.4 Å². The van der Waals surface area contributed by atoms with Crippen LogP contribution in [-0.4, -0.2) is 9.97 Å². The van der Waals surface area contributed by atoms with Gasteiger partial charge in [-0.3, -0.25) is 0 Å². The molecule has 0 fully saturated rings. The average Bonchev–Trinajstić information content (AvgIpc) is 3.11. The van der Waals surface area contributed by atoms with Crippen molar-refractivity contribution in [1.29, 1.82) is 0 Å². The number of aromatic nitrogens is 2. The Bertz CT molecular complexity index is 959. The summed E-state index contributed by atoms with van der Waals surface area (Å²) in [6, 6.07) is 7.12. The molecule has 24 heavy (non-hydrogen) atoms. The van der Waals surface area contributed by atoms with Crippen LogP contribution >= 0.6 is 22.7 Å². The van der Waals surface area contributed by atoms with Gasteiger partial charge in [-0.05, 0) is 36.4 Å². The van der Waals surface area contributed by atoms with Crippen molar-refractivity contribution in [3.8, 4) is 21.1 Å². The standard InChI is InChI=1S/C16H6F4N2S2/c17-9-3-1-7(5-11(9)19)13-21-15-16(23-13)22-14(24-15)8-2-4-10(18)12(20)6-8/h1-6H. The minimum atomic E-state index is -0.943. The summed E-state index contributed by atoms with van der Waals surface area (Å²) < 4.78 is 52.7. The molecule has 0 saturated carbocycles. The normalized spacial score (nSPS) is 11.3. The molecule has 0 aliphatic rings. The summed E-state index contributed by atoms with van der Waals surface area (Å²) in [5.74, 6) is -3.73. The first kappa shape index (κ1) is 15.2. The second-order valence-corrected chi connectivity index (χ2v) is 6.86. The lowest BCUT2D eigenvalue weighted by atomic mass is 10.2. The van der Waals surface area contributed by atoms with Gasteiger partial charge in [-0.1, -0.05) is 22.7 Å². The molecule has 0 amide bonds. The molecule has 0 spiro atoms. The van der Waals surface area contributed by atoms with Crippen LogP contribution in [0.5, 0.6) is 0 Å². The molecule has 0 aliphatic carbocycles. The Hall–Kier alpha value is -2.32. The molecule has 0 aliphatic heterocycles. The fourth-order valence-electron chi connectivity index (χ4n) is 2.15. The van der Waals surface area contributed by atoms with E-state index in [2.05, 4.69) is 9.97 Å². The van der Waals surface area contributed by atoms with Gasteiger partial charge in [0.1, 0.15) is 10.0 Å². The summed E-state index contributed by atoms with van der Waals surface area (Å²) in [5, 5.41) is 1.03. The number of thiazole rings is 2. The van der Waals surface area contributed by atoms with Crippen LogP contribution in [0.3, 0.4) is 0 Å². The summed E-state index contributed by atoms with van der Waals surface area (Å²) in [6.45, 7) is 0. The topological polar surface area (TPSA) is 25.8 Å². The van der Waals surface area contributed by atoms with Gasteiger partial charge >= 0.3 is 0 Å². The lowest BCUT2D eigenvalue weighted by Gasteiger charge is -1.98. The van der Waals surface area contributed by atoms with E-state index in [0.29, 0.717) is 30.8 Å². The van der Waals surface area contributed by atoms with Crippen LogP contribution in [0.1, 0.15) is 0 Å². The zero-order valence-corrected chi connectivity index (χ0v) is 13.3. The third-order valence-electron chi connectivity index (χ3n) is 3.31. The number of nitrogens with zero attached hydrogens (tertiary/aromatic N) is 2. The lowest BCUT2D eigenvalue weighted by Crippen LogP contribution is -1.85. The molecule has 2 heterocycles. The molecule has 4 aromatic rings. The number of halogens is 4. The van der Waals surface area contributed by atoms with E-state index in [1.54, 1.807) is 0 Å². The first-order chi connectivity index (χ1) is 11.5. The summed E-state index contributed by atoms with van der Waals surface area (Å²) in [5.41, 5.74) is 0.914. The Kier molecular flexibility index (Phi) is 3.58. The molecule has 8 heteroatoms. The van der Waals surface area contributed by atoms with Crippen molar-refractivity contribution >= 4 is 32.3 Å². The third kappa shape index (κ3) is 2.57. The smallest absolute Gasteiger partial charge is 0.159 e. The van der Waals surface area contributed by atoms with Gasteiger partial charge in [-0.2, -0.15) is 0 Å². The first-order valence-corrected chi connectivity index (χ1v) is 8.33. The molecular weight excluding hydrogens is 360 g/mol. The molecule has 0 saturated heterocycles. The van der Waals surface area contributed by atoms with Crippen LogP contribution in [0.2, 0.25) is 0 Å². The van der Waals surface area contributed by atoms with Crippen LogP contribution < -0.4 is 0 Å². The Balaban J connectivity index is 1.74. The van der Waals surface area contributed by atoms with E-state index >= 15 is 0 Å². The van der Waals surface area contributed by atoms with Crippen LogP contribution in [0.25, 0.3) is 30.8 Å². The van der Waals surface area contributed by atoms with Crippen LogP contribution in [-0.2, 0) is 0 Å². The molecule has 120 valence electrons. The van der Waals surface area contributed by atoms with Crippen molar-refractivity contribution in [2.24, 2.45) is 0 Å². The Morgan fingerprint density at radius 1 is 0.583 bits per heavy atom. The Labute approximate surface area is 141 Å². The number of hydrogen-bond donors (Lipinski definition) is 0. The van der Waals surface area contributed by atoms with Gasteiger partial charge in [-0.15, -0.1) is 0 Å². The molecule has 0 unspecified atom stereocenters. The van der Waals surface area contributed by atoms with Gasteiger partial charge in [0.05, 0.1) is 0 Å². The minimum Gasteiger partial charge on any atom is -0.223 e. The van der Waals surface area contributed by atoms with Gasteiger partial charge < -0.3 is 0 Å². The van der Waals surface area contributed by atoms with Gasteiger partial charge in [-0.25, -0.2) is 27.5 Å². The van der Waals surface area contributed by atoms with Crippen LogP contribution in [0.4, 0.5) is 17.6 Å². The zero-order chi connectivity index (χ0) is 16.8. The highest BCUT2D eigenvalue weighted by Crippen LogP contribution is 2.37. The fourth-order valence-corrected chi connectivity index (χ4v) is 4.18. The van der Waals surface area contributed by atoms with Crippen LogP contribution in [0, 0.1) is 23.3 Å². The van der Waals surface area contributed by atoms with Gasteiger partial charge in [0.2, 0.25) is 0 Å². The van der Waals surface area contributed by atoms with E-state index in [-0.39, 0.29) is 0 Å². The highest BCUT2D eigenvalue weighted by Gasteiger charge is 2.15. The molecule has 0 N–H and O–H groups in total. The summed E-state index contributed by atoms with van der Waals surface area (Å²) in [4.78, 5) is 9.91. The summed E-state index contributed by atoms with van der Waals surface area (Å²) >= 11 is 2.44. The fraction of sp³-hybridized carbons (Fsp3) is 0. The highest BCUT2D eigenvalue weighted by molar-refractivity contribution is 7.29. The molecule has 0 bridgehead atoms. The second-order valence-electron chi connectivity index (χ2n) is 4.91. The van der Waals surface area contributed by atoms with E-state index in [0.717, 1.165) is 24.3 Å². The number of fused-ring (bicyclic) bond motifs is 1. The predicted molar refractivity (Wildman–Crippen MR) is 86.0 cm³/mol. The molecule has 2 aromatic heterocycles. The quantitative estimate of drug-likeness (QED) is 0.429. The Morgan fingerprint density at radius 3 is 1.38 bits per heavy atom. The van der Waals surface area contributed by atoms with Crippen molar-refractivity contribution < 1.29 is 17.6 Å². The van der Waals surface area contributed by atoms with E-state index in [1.165, 1.54) is 34.8 Å². The molecule has 2 nitrogen and oxygen atoms in total. The maximum atomic E-state index is 13.3. The van der Waals surface area contributed by atoms with Gasteiger partial charge in [0.15, 0.2) is 32.9 Å². The number of benzene rings is 2. The average molecular weight is 366 g/mol. The highest BCUT2D eigenvalue weighted by atomic mass is 32.1. The molecule has 4 rings (SSSR count). The largest absolute Gasteiger partial charge is 0.223 e. The van der Waals surface area contributed by atoms with E-state index in [4.69, 9.17) is 0 Å². The zero-order valence-electron chi connectivity index (χ0n) is 11.7. The maximum absolute atomic E-state index is 13.3. The summed E-state index contributed by atoms with van der Waals surface area (Å²) in [7, 11) is 0. The molecule has 0 atom stereocenters.